The molecule has 0 aromatic heterocycles. The van der Waals surface area contributed by atoms with Gasteiger partial charge in [-0.3, -0.25) is 9.59 Å². The van der Waals surface area contributed by atoms with Crippen LogP contribution in [0.5, 0.6) is 0 Å². The number of rotatable bonds is 3. The molecule has 1 aromatic carbocycles. The number of hydrogen-bond acceptors (Lipinski definition) is 2. The third-order valence-corrected chi connectivity index (χ3v) is 2.32. The molecule has 0 aliphatic carbocycles. The van der Waals surface area contributed by atoms with Gasteiger partial charge in [-0.2, -0.15) is 13.2 Å². The predicted molar refractivity (Wildman–Crippen MR) is 57.5 cm³/mol. The standard InChI is InChI=1S/C11H10F4N2O2/c1-5(9(16)18)17-10(19)6-3-2-4-7(8(6)12)11(13,14)15/h2-5H,1H3,(H2,16,18)(H,17,19). The van der Waals surface area contributed by atoms with Gasteiger partial charge in [0.25, 0.3) is 5.91 Å². The second-order valence-electron chi connectivity index (χ2n) is 3.76. The smallest absolute Gasteiger partial charge is 0.368 e. The SMILES string of the molecule is CC(NC(=O)c1cccc(C(F)(F)F)c1F)C(N)=O. The van der Waals surface area contributed by atoms with Crippen molar-refractivity contribution in [2.45, 2.75) is 19.1 Å². The zero-order valence-electron chi connectivity index (χ0n) is 9.72. The summed E-state index contributed by atoms with van der Waals surface area (Å²) in [6.07, 6.45) is -4.91. The predicted octanol–water partition coefficient (Wildman–Crippen LogP) is 1.45. The monoisotopic (exact) mass is 278 g/mol. The minimum absolute atomic E-state index is 0.517. The maximum atomic E-state index is 13.6. The Morgan fingerprint density at radius 3 is 2.37 bits per heavy atom. The fourth-order valence-corrected chi connectivity index (χ4v) is 1.27. The first-order valence-electron chi connectivity index (χ1n) is 5.10. The lowest BCUT2D eigenvalue weighted by atomic mass is 10.1. The summed E-state index contributed by atoms with van der Waals surface area (Å²) in [5, 5.41) is 1.99. The van der Waals surface area contributed by atoms with Crippen LogP contribution in [0.25, 0.3) is 0 Å². The Morgan fingerprint density at radius 2 is 1.89 bits per heavy atom. The van der Waals surface area contributed by atoms with Crippen LogP contribution in [0.3, 0.4) is 0 Å². The molecule has 1 aromatic rings. The second kappa shape index (κ2) is 5.25. The third-order valence-electron chi connectivity index (χ3n) is 2.32. The molecule has 0 bridgehead atoms. The average Bonchev–Trinajstić information content (AvgIpc) is 2.27. The summed E-state index contributed by atoms with van der Waals surface area (Å²) in [6.45, 7) is 1.23. The fourth-order valence-electron chi connectivity index (χ4n) is 1.27. The number of amides is 2. The van der Waals surface area contributed by atoms with Gasteiger partial charge in [0, 0.05) is 0 Å². The molecule has 0 fully saturated rings. The van der Waals surface area contributed by atoms with Gasteiger partial charge in [-0.15, -0.1) is 0 Å². The highest BCUT2D eigenvalue weighted by atomic mass is 19.4. The van der Waals surface area contributed by atoms with E-state index < -0.39 is 41.0 Å². The molecule has 0 saturated heterocycles. The van der Waals surface area contributed by atoms with Gasteiger partial charge in [-0.25, -0.2) is 4.39 Å². The molecule has 0 spiro atoms. The molecule has 1 unspecified atom stereocenters. The van der Waals surface area contributed by atoms with Crippen molar-refractivity contribution in [2.75, 3.05) is 0 Å². The second-order valence-corrected chi connectivity index (χ2v) is 3.76. The van der Waals surface area contributed by atoms with E-state index in [1.807, 2.05) is 5.32 Å². The Balaban J connectivity index is 3.09. The summed E-state index contributed by atoms with van der Waals surface area (Å²) in [5.41, 5.74) is 2.52. The summed E-state index contributed by atoms with van der Waals surface area (Å²) in [6, 6.07) is 1.17. The van der Waals surface area contributed by atoms with Crippen LogP contribution in [0.1, 0.15) is 22.8 Å². The van der Waals surface area contributed by atoms with Crippen LogP contribution in [-0.4, -0.2) is 17.9 Å². The molecule has 1 atom stereocenters. The number of carbonyl (C=O) groups excluding carboxylic acids is 2. The third kappa shape index (κ3) is 3.43. The van der Waals surface area contributed by atoms with Crippen LogP contribution in [-0.2, 0) is 11.0 Å². The Morgan fingerprint density at radius 1 is 1.32 bits per heavy atom. The summed E-state index contributed by atoms with van der Waals surface area (Å²) in [5.74, 6) is -3.72. The Kier molecular flexibility index (Phi) is 4.13. The Hall–Kier alpha value is -2.12. The zero-order valence-corrected chi connectivity index (χ0v) is 9.72. The van der Waals surface area contributed by atoms with Crippen molar-refractivity contribution in [3.05, 3.63) is 35.1 Å². The van der Waals surface area contributed by atoms with Crippen molar-refractivity contribution in [1.29, 1.82) is 0 Å². The largest absolute Gasteiger partial charge is 0.419 e. The van der Waals surface area contributed by atoms with Crippen molar-refractivity contribution in [2.24, 2.45) is 5.73 Å². The Labute approximate surface area is 105 Å². The van der Waals surface area contributed by atoms with Crippen LogP contribution < -0.4 is 11.1 Å². The molecule has 19 heavy (non-hydrogen) atoms. The number of benzene rings is 1. The first kappa shape index (κ1) is 14.9. The van der Waals surface area contributed by atoms with Crippen LogP contribution in [0.2, 0.25) is 0 Å². The number of nitrogens with one attached hydrogen (secondary N) is 1. The molecule has 1 rings (SSSR count). The van der Waals surface area contributed by atoms with E-state index in [0.29, 0.717) is 6.07 Å². The molecule has 0 saturated carbocycles. The number of nitrogens with two attached hydrogens (primary N) is 1. The molecule has 8 heteroatoms. The van der Waals surface area contributed by atoms with Crippen LogP contribution >= 0.6 is 0 Å². The van der Waals surface area contributed by atoms with Gasteiger partial charge in [0.05, 0.1) is 11.1 Å². The molecule has 3 N–H and O–H groups in total. The summed E-state index contributed by atoms with van der Waals surface area (Å²) < 4.78 is 50.9. The van der Waals surface area contributed by atoms with Crippen LogP contribution in [0.15, 0.2) is 18.2 Å². The van der Waals surface area contributed by atoms with E-state index in [0.717, 1.165) is 12.1 Å². The number of halogens is 4. The maximum absolute atomic E-state index is 13.6. The summed E-state index contributed by atoms with van der Waals surface area (Å²) in [7, 11) is 0. The summed E-state index contributed by atoms with van der Waals surface area (Å²) >= 11 is 0. The van der Waals surface area contributed by atoms with Crippen molar-refractivity contribution >= 4 is 11.8 Å². The number of carbonyl (C=O) groups is 2. The zero-order chi connectivity index (χ0) is 14.8. The highest BCUT2D eigenvalue weighted by Crippen LogP contribution is 2.32. The van der Waals surface area contributed by atoms with Crippen molar-refractivity contribution in [1.82, 2.24) is 5.32 Å². The highest BCUT2D eigenvalue weighted by Gasteiger charge is 2.35. The van der Waals surface area contributed by atoms with E-state index in [-0.39, 0.29) is 0 Å². The molecule has 0 aliphatic rings. The fraction of sp³-hybridized carbons (Fsp3) is 0.273. The van der Waals surface area contributed by atoms with Crippen LogP contribution in [0, 0.1) is 5.82 Å². The molecular weight excluding hydrogens is 268 g/mol. The van der Waals surface area contributed by atoms with Gasteiger partial charge in [0.15, 0.2) is 0 Å². The Bertz CT molecular complexity index is 514. The minimum Gasteiger partial charge on any atom is -0.368 e. The number of primary amides is 1. The van der Waals surface area contributed by atoms with Crippen molar-refractivity contribution in [3.63, 3.8) is 0 Å². The number of hydrogen-bond donors (Lipinski definition) is 2. The van der Waals surface area contributed by atoms with E-state index in [4.69, 9.17) is 5.73 Å². The lowest BCUT2D eigenvalue weighted by molar-refractivity contribution is -0.140. The first-order chi connectivity index (χ1) is 8.64. The lowest BCUT2D eigenvalue weighted by Crippen LogP contribution is -2.42. The van der Waals surface area contributed by atoms with Crippen molar-refractivity contribution < 1.29 is 27.2 Å². The van der Waals surface area contributed by atoms with E-state index >= 15 is 0 Å². The van der Waals surface area contributed by atoms with E-state index in [2.05, 4.69) is 0 Å². The molecular formula is C11H10F4N2O2. The average molecular weight is 278 g/mol. The lowest BCUT2D eigenvalue weighted by Gasteiger charge is -2.13. The van der Waals surface area contributed by atoms with E-state index in [9.17, 15) is 27.2 Å². The van der Waals surface area contributed by atoms with E-state index in [1.54, 1.807) is 0 Å². The van der Waals surface area contributed by atoms with Crippen molar-refractivity contribution in [3.8, 4) is 0 Å². The molecule has 2 amide bonds. The minimum atomic E-state index is -4.91. The van der Waals surface area contributed by atoms with Gasteiger partial charge in [-0.05, 0) is 19.1 Å². The summed E-state index contributed by atoms with van der Waals surface area (Å²) in [4.78, 5) is 22.2. The first-order valence-corrected chi connectivity index (χ1v) is 5.10. The topological polar surface area (TPSA) is 72.2 Å². The van der Waals surface area contributed by atoms with Gasteiger partial charge in [0.1, 0.15) is 11.9 Å². The molecule has 4 nitrogen and oxygen atoms in total. The van der Waals surface area contributed by atoms with Gasteiger partial charge < -0.3 is 11.1 Å². The van der Waals surface area contributed by atoms with Gasteiger partial charge in [0.2, 0.25) is 5.91 Å². The normalized spacial score (nSPS) is 12.9. The number of alkyl halides is 3. The van der Waals surface area contributed by atoms with Gasteiger partial charge in [-0.1, -0.05) is 6.07 Å². The van der Waals surface area contributed by atoms with Crippen LogP contribution in [0.4, 0.5) is 17.6 Å². The molecule has 0 radical (unpaired) electrons. The quantitative estimate of drug-likeness (QED) is 0.821. The van der Waals surface area contributed by atoms with E-state index in [1.165, 1.54) is 6.92 Å². The maximum Gasteiger partial charge on any atom is 0.419 e. The molecule has 0 heterocycles. The highest BCUT2D eigenvalue weighted by molar-refractivity contribution is 5.97. The molecule has 0 aliphatic heterocycles. The molecule has 104 valence electrons. The van der Waals surface area contributed by atoms with Gasteiger partial charge >= 0.3 is 6.18 Å².